The summed E-state index contributed by atoms with van der Waals surface area (Å²) >= 11 is 1.46. The van der Waals surface area contributed by atoms with E-state index in [0.29, 0.717) is 16.3 Å². The van der Waals surface area contributed by atoms with Crippen LogP contribution >= 0.6 is 11.8 Å². The Bertz CT molecular complexity index is 925. The van der Waals surface area contributed by atoms with Crippen LogP contribution in [-0.2, 0) is 0 Å². The van der Waals surface area contributed by atoms with Gasteiger partial charge in [-0.05, 0) is 49.7 Å². The SMILES string of the molecule is Cc1ccc(Sc2ncccc2C(=O)Nc2ccccc2O)c(C)c1. The first-order valence-corrected chi connectivity index (χ1v) is 8.66. The largest absolute Gasteiger partial charge is 0.506 e. The van der Waals surface area contributed by atoms with Crippen molar-refractivity contribution in [3.63, 3.8) is 0 Å². The second-order valence-corrected chi connectivity index (χ2v) is 6.73. The summed E-state index contributed by atoms with van der Waals surface area (Å²) in [4.78, 5) is 18.1. The Balaban J connectivity index is 1.88. The van der Waals surface area contributed by atoms with Crippen LogP contribution in [0, 0.1) is 13.8 Å². The summed E-state index contributed by atoms with van der Waals surface area (Å²) in [5, 5.41) is 13.2. The zero-order chi connectivity index (χ0) is 17.8. The first-order valence-electron chi connectivity index (χ1n) is 7.84. The van der Waals surface area contributed by atoms with Gasteiger partial charge in [0.25, 0.3) is 5.91 Å². The minimum absolute atomic E-state index is 0.0309. The third-order valence-electron chi connectivity index (χ3n) is 3.71. The summed E-state index contributed by atoms with van der Waals surface area (Å²) in [5.41, 5.74) is 3.18. The van der Waals surface area contributed by atoms with Gasteiger partial charge in [0.2, 0.25) is 0 Å². The maximum atomic E-state index is 12.6. The predicted molar refractivity (Wildman–Crippen MR) is 100 cm³/mol. The van der Waals surface area contributed by atoms with Crippen LogP contribution in [0.25, 0.3) is 0 Å². The van der Waals surface area contributed by atoms with E-state index in [1.165, 1.54) is 23.4 Å². The van der Waals surface area contributed by atoms with Gasteiger partial charge in [0, 0.05) is 11.1 Å². The normalized spacial score (nSPS) is 10.5. The van der Waals surface area contributed by atoms with Crippen molar-refractivity contribution in [1.82, 2.24) is 4.98 Å². The maximum Gasteiger partial charge on any atom is 0.258 e. The molecule has 3 aromatic rings. The Morgan fingerprint density at radius 3 is 2.64 bits per heavy atom. The van der Waals surface area contributed by atoms with Crippen LogP contribution in [0.2, 0.25) is 0 Å². The van der Waals surface area contributed by atoms with Crippen molar-refractivity contribution in [2.75, 3.05) is 5.32 Å². The lowest BCUT2D eigenvalue weighted by molar-refractivity contribution is 0.102. The van der Waals surface area contributed by atoms with Crippen molar-refractivity contribution in [2.24, 2.45) is 0 Å². The second-order valence-electron chi connectivity index (χ2n) is 5.70. The van der Waals surface area contributed by atoms with Crippen LogP contribution in [0.15, 0.2) is 70.7 Å². The fourth-order valence-electron chi connectivity index (χ4n) is 2.43. The summed E-state index contributed by atoms with van der Waals surface area (Å²) in [6.07, 6.45) is 1.67. The van der Waals surface area contributed by atoms with Gasteiger partial charge < -0.3 is 10.4 Å². The minimum Gasteiger partial charge on any atom is -0.506 e. The number of carbonyl (C=O) groups excluding carboxylic acids is 1. The summed E-state index contributed by atoms with van der Waals surface area (Å²) in [5.74, 6) is -0.273. The number of hydrogen-bond donors (Lipinski definition) is 2. The molecule has 25 heavy (non-hydrogen) atoms. The number of anilines is 1. The van der Waals surface area contributed by atoms with Gasteiger partial charge in [0.05, 0.1) is 11.3 Å². The highest BCUT2D eigenvalue weighted by molar-refractivity contribution is 7.99. The predicted octanol–water partition coefficient (Wildman–Crippen LogP) is 4.81. The molecule has 2 N–H and O–H groups in total. The topological polar surface area (TPSA) is 62.2 Å². The van der Waals surface area contributed by atoms with E-state index in [4.69, 9.17) is 0 Å². The first kappa shape index (κ1) is 17.0. The zero-order valence-corrected chi connectivity index (χ0v) is 14.8. The molecule has 0 saturated carbocycles. The molecule has 1 aromatic heterocycles. The number of phenols is 1. The fourth-order valence-corrected chi connectivity index (χ4v) is 3.38. The van der Waals surface area contributed by atoms with Crippen LogP contribution < -0.4 is 5.32 Å². The molecule has 1 heterocycles. The number of hydrogen-bond acceptors (Lipinski definition) is 4. The Kier molecular flexibility index (Phi) is 5.05. The molecule has 0 spiro atoms. The number of aromatic nitrogens is 1. The Hall–Kier alpha value is -2.79. The molecule has 3 rings (SSSR count). The Morgan fingerprint density at radius 1 is 1.08 bits per heavy atom. The molecule has 0 bridgehead atoms. The standard InChI is InChI=1S/C20H18N2O2S/c1-13-9-10-18(14(2)12-13)25-20-15(6-5-11-21-20)19(24)22-16-7-3-4-8-17(16)23/h3-12,23H,1-2H3,(H,22,24). The van der Waals surface area contributed by atoms with Gasteiger partial charge in [-0.2, -0.15) is 0 Å². The van der Waals surface area contributed by atoms with Crippen LogP contribution in [0.1, 0.15) is 21.5 Å². The van der Waals surface area contributed by atoms with Gasteiger partial charge in [-0.3, -0.25) is 4.79 Å². The molecule has 0 aliphatic rings. The summed E-state index contributed by atoms with van der Waals surface area (Å²) < 4.78 is 0. The maximum absolute atomic E-state index is 12.6. The second kappa shape index (κ2) is 7.40. The molecule has 0 atom stereocenters. The number of aromatic hydroxyl groups is 1. The molecule has 5 heteroatoms. The van der Waals surface area contributed by atoms with Crippen molar-refractivity contribution < 1.29 is 9.90 Å². The van der Waals surface area contributed by atoms with Gasteiger partial charge in [-0.1, -0.05) is 41.6 Å². The first-order chi connectivity index (χ1) is 12.0. The molecule has 0 saturated heterocycles. The lowest BCUT2D eigenvalue weighted by Gasteiger charge is -2.11. The highest BCUT2D eigenvalue weighted by Crippen LogP contribution is 2.32. The minimum atomic E-state index is -0.304. The van der Waals surface area contributed by atoms with Crippen molar-refractivity contribution in [3.8, 4) is 5.75 Å². The van der Waals surface area contributed by atoms with Crippen molar-refractivity contribution in [3.05, 3.63) is 77.5 Å². The van der Waals surface area contributed by atoms with Gasteiger partial charge in [0.15, 0.2) is 0 Å². The zero-order valence-electron chi connectivity index (χ0n) is 14.0. The molecule has 126 valence electrons. The van der Waals surface area contributed by atoms with Gasteiger partial charge in [-0.15, -0.1) is 0 Å². The number of carbonyl (C=O) groups is 1. The Morgan fingerprint density at radius 2 is 1.88 bits per heavy atom. The number of amides is 1. The van der Waals surface area contributed by atoms with Crippen molar-refractivity contribution in [2.45, 2.75) is 23.8 Å². The number of rotatable bonds is 4. The highest BCUT2D eigenvalue weighted by Gasteiger charge is 2.15. The van der Waals surface area contributed by atoms with Crippen LogP contribution in [0.5, 0.6) is 5.75 Å². The fraction of sp³-hybridized carbons (Fsp3) is 0.100. The average Bonchev–Trinajstić information content (AvgIpc) is 2.60. The number of pyridine rings is 1. The summed E-state index contributed by atoms with van der Waals surface area (Å²) in [6, 6.07) is 16.3. The van der Waals surface area contributed by atoms with E-state index < -0.39 is 0 Å². The number of benzene rings is 2. The summed E-state index contributed by atoms with van der Waals surface area (Å²) in [7, 11) is 0. The van der Waals surface area contributed by atoms with Crippen molar-refractivity contribution in [1.29, 1.82) is 0 Å². The molecular weight excluding hydrogens is 332 g/mol. The van der Waals surface area contributed by atoms with E-state index in [-0.39, 0.29) is 11.7 Å². The van der Waals surface area contributed by atoms with E-state index in [0.717, 1.165) is 10.5 Å². The molecule has 0 radical (unpaired) electrons. The smallest absolute Gasteiger partial charge is 0.258 e. The third-order valence-corrected chi connectivity index (χ3v) is 4.90. The number of para-hydroxylation sites is 2. The quantitative estimate of drug-likeness (QED) is 0.663. The van der Waals surface area contributed by atoms with E-state index in [1.54, 1.807) is 36.5 Å². The molecule has 0 fully saturated rings. The van der Waals surface area contributed by atoms with Crippen LogP contribution in [0.3, 0.4) is 0 Å². The third kappa shape index (κ3) is 4.00. The lowest BCUT2D eigenvalue weighted by Crippen LogP contribution is -2.13. The number of nitrogens with one attached hydrogen (secondary N) is 1. The van der Waals surface area contributed by atoms with Crippen LogP contribution in [-0.4, -0.2) is 16.0 Å². The molecule has 2 aromatic carbocycles. The van der Waals surface area contributed by atoms with Crippen LogP contribution in [0.4, 0.5) is 5.69 Å². The molecule has 4 nitrogen and oxygen atoms in total. The molecule has 1 amide bonds. The number of aryl methyl sites for hydroxylation is 2. The lowest BCUT2D eigenvalue weighted by atomic mass is 10.2. The number of phenolic OH excluding ortho intramolecular Hbond substituents is 1. The van der Waals surface area contributed by atoms with E-state index >= 15 is 0 Å². The van der Waals surface area contributed by atoms with E-state index in [2.05, 4.69) is 16.4 Å². The number of nitrogens with zero attached hydrogens (tertiary/aromatic N) is 1. The summed E-state index contributed by atoms with van der Waals surface area (Å²) in [6.45, 7) is 4.09. The molecule has 0 aliphatic heterocycles. The Labute approximate surface area is 150 Å². The molecule has 0 aliphatic carbocycles. The van der Waals surface area contributed by atoms with Crippen molar-refractivity contribution >= 4 is 23.4 Å². The average molecular weight is 350 g/mol. The highest BCUT2D eigenvalue weighted by atomic mass is 32.2. The van der Waals surface area contributed by atoms with Gasteiger partial charge in [-0.25, -0.2) is 4.98 Å². The van der Waals surface area contributed by atoms with Gasteiger partial charge >= 0.3 is 0 Å². The van der Waals surface area contributed by atoms with E-state index in [9.17, 15) is 9.90 Å². The van der Waals surface area contributed by atoms with E-state index in [1.807, 2.05) is 26.0 Å². The molecular formula is C20H18N2O2S. The molecule has 0 unspecified atom stereocenters. The monoisotopic (exact) mass is 350 g/mol. The van der Waals surface area contributed by atoms with Gasteiger partial charge in [0.1, 0.15) is 10.8 Å².